The first-order valence-electron chi connectivity index (χ1n) is 6.86. The third-order valence-corrected chi connectivity index (χ3v) is 3.46. The molecule has 0 spiro atoms. The van der Waals surface area contributed by atoms with Crippen molar-refractivity contribution < 1.29 is 0 Å². The van der Waals surface area contributed by atoms with Crippen molar-refractivity contribution in [1.82, 2.24) is 4.57 Å². The highest BCUT2D eigenvalue weighted by Crippen LogP contribution is 2.18. The SMILES string of the molecule is CCCCCc1cc(C)n(CCCC)c1C. The number of nitrogens with zero attached hydrogens (tertiary/aromatic N) is 1. The Morgan fingerprint density at radius 2 is 1.69 bits per heavy atom. The normalized spacial score (nSPS) is 11.0. The van der Waals surface area contributed by atoms with Crippen molar-refractivity contribution in [3.8, 4) is 0 Å². The molecule has 0 fully saturated rings. The molecule has 1 rings (SSSR count). The zero-order chi connectivity index (χ0) is 12.0. The van der Waals surface area contributed by atoms with Crippen LogP contribution in [0.3, 0.4) is 0 Å². The Labute approximate surface area is 101 Å². The fourth-order valence-electron chi connectivity index (χ4n) is 2.35. The zero-order valence-corrected chi connectivity index (χ0v) is 11.5. The van der Waals surface area contributed by atoms with Gasteiger partial charge in [-0.15, -0.1) is 0 Å². The van der Waals surface area contributed by atoms with Gasteiger partial charge in [0, 0.05) is 17.9 Å². The molecule has 1 heteroatoms. The van der Waals surface area contributed by atoms with E-state index < -0.39 is 0 Å². The molecule has 92 valence electrons. The van der Waals surface area contributed by atoms with E-state index in [9.17, 15) is 0 Å². The highest BCUT2D eigenvalue weighted by Gasteiger charge is 2.07. The van der Waals surface area contributed by atoms with E-state index in [1.54, 1.807) is 5.56 Å². The summed E-state index contributed by atoms with van der Waals surface area (Å²) in [5.74, 6) is 0. The second-order valence-corrected chi connectivity index (χ2v) is 4.86. The van der Waals surface area contributed by atoms with Crippen molar-refractivity contribution in [2.24, 2.45) is 0 Å². The molecule has 0 aliphatic heterocycles. The van der Waals surface area contributed by atoms with Crippen LogP contribution < -0.4 is 0 Å². The molecule has 16 heavy (non-hydrogen) atoms. The molecule has 0 atom stereocenters. The van der Waals surface area contributed by atoms with Gasteiger partial charge >= 0.3 is 0 Å². The maximum absolute atomic E-state index is 2.49. The van der Waals surface area contributed by atoms with Crippen LogP contribution in [0.5, 0.6) is 0 Å². The number of hydrogen-bond donors (Lipinski definition) is 0. The molecule has 0 aromatic carbocycles. The van der Waals surface area contributed by atoms with Crippen molar-refractivity contribution >= 4 is 0 Å². The number of aryl methyl sites for hydroxylation is 2. The van der Waals surface area contributed by atoms with Crippen LogP contribution in [-0.2, 0) is 13.0 Å². The predicted molar refractivity (Wildman–Crippen MR) is 72.0 cm³/mol. The fraction of sp³-hybridized carbons (Fsp3) is 0.733. The first kappa shape index (κ1) is 13.3. The van der Waals surface area contributed by atoms with Crippen LogP contribution in [-0.4, -0.2) is 4.57 Å². The second-order valence-electron chi connectivity index (χ2n) is 4.86. The molecule has 0 radical (unpaired) electrons. The van der Waals surface area contributed by atoms with Crippen LogP contribution >= 0.6 is 0 Å². The van der Waals surface area contributed by atoms with Crippen molar-refractivity contribution in [2.45, 2.75) is 72.8 Å². The van der Waals surface area contributed by atoms with Crippen LogP contribution in [0, 0.1) is 13.8 Å². The molecule has 1 aromatic heterocycles. The van der Waals surface area contributed by atoms with E-state index >= 15 is 0 Å². The maximum atomic E-state index is 2.49. The molecule has 1 heterocycles. The first-order chi connectivity index (χ1) is 7.70. The minimum absolute atomic E-state index is 1.20. The van der Waals surface area contributed by atoms with E-state index in [4.69, 9.17) is 0 Å². The van der Waals surface area contributed by atoms with E-state index in [2.05, 4.69) is 38.3 Å². The molecule has 0 aliphatic rings. The van der Waals surface area contributed by atoms with E-state index in [0.29, 0.717) is 0 Å². The van der Waals surface area contributed by atoms with Gasteiger partial charge in [-0.2, -0.15) is 0 Å². The van der Waals surface area contributed by atoms with E-state index in [1.165, 1.54) is 56.5 Å². The van der Waals surface area contributed by atoms with Crippen LogP contribution in [0.15, 0.2) is 6.07 Å². The van der Waals surface area contributed by atoms with Crippen LogP contribution in [0.1, 0.15) is 62.9 Å². The van der Waals surface area contributed by atoms with E-state index in [0.717, 1.165) is 0 Å². The van der Waals surface area contributed by atoms with Gasteiger partial charge in [0.25, 0.3) is 0 Å². The van der Waals surface area contributed by atoms with E-state index in [1.807, 2.05) is 0 Å². The van der Waals surface area contributed by atoms with Gasteiger partial charge in [0.2, 0.25) is 0 Å². The first-order valence-corrected chi connectivity index (χ1v) is 6.86. The van der Waals surface area contributed by atoms with Gasteiger partial charge < -0.3 is 4.57 Å². The highest BCUT2D eigenvalue weighted by molar-refractivity contribution is 5.26. The maximum Gasteiger partial charge on any atom is 0.0224 e. The molecular weight excluding hydrogens is 194 g/mol. The van der Waals surface area contributed by atoms with Crippen LogP contribution in [0.2, 0.25) is 0 Å². The molecule has 0 saturated heterocycles. The van der Waals surface area contributed by atoms with Gasteiger partial charge in [-0.1, -0.05) is 33.1 Å². The second kappa shape index (κ2) is 6.78. The number of aromatic nitrogens is 1. The summed E-state index contributed by atoms with van der Waals surface area (Å²) < 4.78 is 2.49. The minimum atomic E-state index is 1.20. The summed E-state index contributed by atoms with van der Waals surface area (Å²) >= 11 is 0. The standard InChI is InChI=1S/C15H27N/c1-5-7-9-10-15-12-13(3)16(14(15)4)11-8-6-2/h12H,5-11H2,1-4H3. The summed E-state index contributed by atoms with van der Waals surface area (Å²) in [7, 11) is 0. The fourth-order valence-corrected chi connectivity index (χ4v) is 2.35. The highest BCUT2D eigenvalue weighted by atomic mass is 15.0. The zero-order valence-electron chi connectivity index (χ0n) is 11.5. The molecule has 0 aliphatic carbocycles. The van der Waals surface area contributed by atoms with E-state index in [-0.39, 0.29) is 0 Å². The van der Waals surface area contributed by atoms with Gasteiger partial charge in [-0.25, -0.2) is 0 Å². The average molecular weight is 221 g/mol. The summed E-state index contributed by atoms with van der Waals surface area (Å²) in [5, 5.41) is 0. The van der Waals surface area contributed by atoms with Crippen molar-refractivity contribution in [2.75, 3.05) is 0 Å². The Morgan fingerprint density at radius 1 is 1.00 bits per heavy atom. The van der Waals surface area contributed by atoms with Gasteiger partial charge in [-0.3, -0.25) is 0 Å². The lowest BCUT2D eigenvalue weighted by Gasteiger charge is -2.08. The molecule has 0 bridgehead atoms. The molecule has 0 amide bonds. The summed E-state index contributed by atoms with van der Waals surface area (Å²) in [4.78, 5) is 0. The Morgan fingerprint density at radius 3 is 2.31 bits per heavy atom. The lowest BCUT2D eigenvalue weighted by molar-refractivity contribution is 0.606. The van der Waals surface area contributed by atoms with Gasteiger partial charge in [-0.05, 0) is 44.7 Å². The van der Waals surface area contributed by atoms with Gasteiger partial charge in [0.1, 0.15) is 0 Å². The summed E-state index contributed by atoms with van der Waals surface area (Å²) in [6.45, 7) is 10.2. The lowest BCUT2D eigenvalue weighted by atomic mass is 10.1. The Hall–Kier alpha value is -0.720. The summed E-state index contributed by atoms with van der Waals surface area (Å²) in [5.41, 5.74) is 4.52. The number of hydrogen-bond acceptors (Lipinski definition) is 0. The average Bonchev–Trinajstić information content (AvgIpc) is 2.53. The van der Waals surface area contributed by atoms with Crippen molar-refractivity contribution in [3.05, 3.63) is 23.0 Å². The quantitative estimate of drug-likeness (QED) is 0.591. The Kier molecular flexibility index (Phi) is 5.65. The Balaban J connectivity index is 2.64. The molecule has 0 saturated carbocycles. The topological polar surface area (TPSA) is 4.93 Å². The van der Waals surface area contributed by atoms with Gasteiger partial charge in [0.05, 0.1) is 0 Å². The Bertz CT molecular complexity index is 309. The largest absolute Gasteiger partial charge is 0.349 e. The van der Waals surface area contributed by atoms with Gasteiger partial charge in [0.15, 0.2) is 0 Å². The summed E-state index contributed by atoms with van der Waals surface area (Å²) in [6.07, 6.45) is 7.86. The number of unbranched alkanes of at least 4 members (excludes halogenated alkanes) is 3. The molecular formula is C15H27N. The van der Waals surface area contributed by atoms with Crippen molar-refractivity contribution in [3.63, 3.8) is 0 Å². The third-order valence-electron chi connectivity index (χ3n) is 3.46. The molecule has 0 unspecified atom stereocenters. The molecule has 0 N–H and O–H groups in total. The number of rotatable bonds is 7. The van der Waals surface area contributed by atoms with Crippen molar-refractivity contribution in [1.29, 1.82) is 0 Å². The van der Waals surface area contributed by atoms with Crippen LogP contribution in [0.25, 0.3) is 0 Å². The minimum Gasteiger partial charge on any atom is -0.349 e. The third kappa shape index (κ3) is 3.40. The van der Waals surface area contributed by atoms with Crippen LogP contribution in [0.4, 0.5) is 0 Å². The summed E-state index contributed by atoms with van der Waals surface area (Å²) in [6, 6.07) is 2.39. The molecule has 1 aromatic rings. The molecule has 1 nitrogen and oxygen atoms in total. The monoisotopic (exact) mass is 221 g/mol. The smallest absolute Gasteiger partial charge is 0.0224 e. The lowest BCUT2D eigenvalue weighted by Crippen LogP contribution is -2.02. The predicted octanol–water partition coefficient (Wildman–Crippen LogP) is 4.64.